The highest BCUT2D eigenvalue weighted by atomic mass is 35.5. The predicted molar refractivity (Wildman–Crippen MR) is 116 cm³/mol. The summed E-state index contributed by atoms with van der Waals surface area (Å²) in [6.07, 6.45) is 2.79. The molecule has 1 aliphatic carbocycles. The molecule has 5 nitrogen and oxygen atoms in total. The first kappa shape index (κ1) is 17.5. The molecule has 6 rings (SSSR count). The topological polar surface area (TPSA) is 60.1 Å². The third-order valence-electron chi connectivity index (χ3n) is 6.01. The van der Waals surface area contributed by atoms with Gasteiger partial charge in [0.1, 0.15) is 5.76 Å². The second kappa shape index (κ2) is 6.61. The van der Waals surface area contributed by atoms with Crippen LogP contribution in [0.4, 0.5) is 5.95 Å². The van der Waals surface area contributed by atoms with Gasteiger partial charge < -0.3 is 9.73 Å². The molecule has 2 unspecified atom stereocenters. The average molecular weight is 416 g/mol. The molecule has 1 N–H and O–H groups in total. The van der Waals surface area contributed by atoms with Crippen LogP contribution < -0.4 is 5.32 Å². The average Bonchev–Trinajstić information content (AvgIpc) is 3.40. The number of rotatable bonds is 2. The van der Waals surface area contributed by atoms with Gasteiger partial charge in [0.05, 0.1) is 23.3 Å². The molecule has 0 spiro atoms. The first-order chi connectivity index (χ1) is 14.7. The summed E-state index contributed by atoms with van der Waals surface area (Å²) >= 11 is 6.33. The van der Waals surface area contributed by atoms with E-state index >= 15 is 0 Å². The Morgan fingerprint density at radius 3 is 2.80 bits per heavy atom. The van der Waals surface area contributed by atoms with Crippen molar-refractivity contribution in [2.45, 2.75) is 24.8 Å². The first-order valence-corrected chi connectivity index (χ1v) is 10.4. The molecular weight excluding hydrogens is 398 g/mol. The molecule has 0 saturated carbocycles. The molecule has 2 aromatic carbocycles. The summed E-state index contributed by atoms with van der Waals surface area (Å²) in [6, 6.07) is 19.3. The van der Waals surface area contributed by atoms with Crippen molar-refractivity contribution in [2.24, 2.45) is 0 Å². The Bertz CT molecular complexity index is 1320. The van der Waals surface area contributed by atoms with Gasteiger partial charge in [0.25, 0.3) is 0 Å². The number of imidazole rings is 1. The quantitative estimate of drug-likeness (QED) is 0.456. The Hall–Kier alpha value is -3.31. The van der Waals surface area contributed by atoms with Crippen LogP contribution in [-0.2, 0) is 4.79 Å². The number of nitrogens with zero attached hydrogens (tertiary/aromatic N) is 2. The summed E-state index contributed by atoms with van der Waals surface area (Å²) in [7, 11) is 0. The van der Waals surface area contributed by atoms with E-state index in [4.69, 9.17) is 21.0 Å². The Kier molecular flexibility index (Phi) is 3.86. The van der Waals surface area contributed by atoms with Crippen molar-refractivity contribution < 1.29 is 9.21 Å². The number of fused-ring (bicyclic) bond motifs is 3. The predicted octanol–water partition coefficient (Wildman–Crippen LogP) is 5.70. The molecular formula is C24H18ClN3O2. The molecule has 2 aromatic heterocycles. The lowest BCUT2D eigenvalue weighted by Gasteiger charge is -2.36. The van der Waals surface area contributed by atoms with E-state index in [2.05, 4.69) is 9.88 Å². The normalized spacial score (nSPS) is 20.8. The van der Waals surface area contributed by atoms with Crippen molar-refractivity contribution in [2.75, 3.05) is 5.32 Å². The van der Waals surface area contributed by atoms with Crippen LogP contribution in [0.25, 0.3) is 11.0 Å². The van der Waals surface area contributed by atoms with Gasteiger partial charge in [0.2, 0.25) is 5.95 Å². The van der Waals surface area contributed by atoms with Gasteiger partial charge in [0, 0.05) is 28.6 Å². The molecule has 30 heavy (non-hydrogen) atoms. The minimum atomic E-state index is -0.271. The molecule has 1 aliphatic heterocycles. The van der Waals surface area contributed by atoms with E-state index in [1.165, 1.54) is 0 Å². The van der Waals surface area contributed by atoms with Crippen molar-refractivity contribution >= 4 is 34.4 Å². The number of furan rings is 1. The smallest absolute Gasteiger partial charge is 0.209 e. The molecule has 2 aliphatic rings. The van der Waals surface area contributed by atoms with Gasteiger partial charge in [-0.2, -0.15) is 0 Å². The number of hydrogen-bond acceptors (Lipinski definition) is 4. The summed E-state index contributed by atoms with van der Waals surface area (Å²) < 4.78 is 7.72. The lowest BCUT2D eigenvalue weighted by atomic mass is 9.79. The number of carbonyl (C=O) groups is 1. The summed E-state index contributed by atoms with van der Waals surface area (Å²) in [5, 5.41) is 4.11. The Balaban J connectivity index is 1.56. The van der Waals surface area contributed by atoms with Crippen LogP contribution in [0.5, 0.6) is 0 Å². The van der Waals surface area contributed by atoms with Crippen molar-refractivity contribution in [1.29, 1.82) is 0 Å². The summed E-state index contributed by atoms with van der Waals surface area (Å²) in [5.41, 5.74) is 4.56. The number of anilines is 1. The fraction of sp³-hybridized carbons (Fsp3) is 0.167. The Morgan fingerprint density at radius 2 is 1.97 bits per heavy atom. The van der Waals surface area contributed by atoms with Crippen molar-refractivity contribution in [1.82, 2.24) is 9.55 Å². The SMILES string of the molecule is O=C1CC(c2ccco2)CC2=C1C(c1cccc(Cl)c1)n1c(nc3ccccc31)N2. The third-order valence-corrected chi connectivity index (χ3v) is 6.24. The molecule has 3 heterocycles. The van der Waals surface area contributed by atoms with Crippen LogP contribution in [-0.4, -0.2) is 15.3 Å². The fourth-order valence-corrected chi connectivity index (χ4v) is 4.94. The molecule has 0 radical (unpaired) electrons. The Morgan fingerprint density at radius 1 is 1.07 bits per heavy atom. The van der Waals surface area contributed by atoms with Crippen LogP contribution in [0.3, 0.4) is 0 Å². The highest BCUT2D eigenvalue weighted by molar-refractivity contribution is 6.30. The van der Waals surface area contributed by atoms with Gasteiger partial charge in [-0.1, -0.05) is 35.9 Å². The van der Waals surface area contributed by atoms with E-state index in [1.807, 2.05) is 60.7 Å². The fourth-order valence-electron chi connectivity index (χ4n) is 4.74. The molecule has 0 amide bonds. The number of benzene rings is 2. The summed E-state index contributed by atoms with van der Waals surface area (Å²) in [6.45, 7) is 0. The molecule has 0 saturated heterocycles. The zero-order valence-electron chi connectivity index (χ0n) is 16.0. The zero-order valence-corrected chi connectivity index (χ0v) is 16.8. The Labute approximate surface area is 178 Å². The van der Waals surface area contributed by atoms with Crippen LogP contribution >= 0.6 is 11.6 Å². The van der Waals surface area contributed by atoms with Gasteiger partial charge in [-0.3, -0.25) is 9.36 Å². The monoisotopic (exact) mass is 415 g/mol. The second-order valence-corrected chi connectivity index (χ2v) is 8.25. The molecule has 0 bridgehead atoms. The van der Waals surface area contributed by atoms with Gasteiger partial charge in [-0.25, -0.2) is 4.98 Å². The number of ketones is 1. The van der Waals surface area contributed by atoms with Gasteiger partial charge >= 0.3 is 0 Å². The lowest BCUT2D eigenvalue weighted by Crippen LogP contribution is -2.33. The molecule has 0 fully saturated rings. The van der Waals surface area contributed by atoms with Crippen LogP contribution in [0, 0.1) is 0 Å². The first-order valence-electron chi connectivity index (χ1n) is 9.98. The van der Waals surface area contributed by atoms with E-state index in [-0.39, 0.29) is 17.7 Å². The van der Waals surface area contributed by atoms with E-state index in [0.717, 1.165) is 39.6 Å². The van der Waals surface area contributed by atoms with Gasteiger partial charge in [0.15, 0.2) is 5.78 Å². The molecule has 2 atom stereocenters. The number of para-hydroxylation sites is 2. The highest BCUT2D eigenvalue weighted by Crippen LogP contribution is 2.46. The summed E-state index contributed by atoms with van der Waals surface area (Å²) in [5.74, 6) is 1.73. The minimum absolute atomic E-state index is 0.0229. The van der Waals surface area contributed by atoms with E-state index in [1.54, 1.807) is 6.26 Å². The molecule has 148 valence electrons. The van der Waals surface area contributed by atoms with E-state index in [0.29, 0.717) is 17.9 Å². The molecule has 4 aromatic rings. The highest BCUT2D eigenvalue weighted by Gasteiger charge is 2.40. The number of Topliss-reactive ketones (excluding diaryl/α,β-unsaturated/α-hetero) is 1. The zero-order chi connectivity index (χ0) is 20.2. The van der Waals surface area contributed by atoms with Crippen molar-refractivity contribution in [3.8, 4) is 0 Å². The minimum Gasteiger partial charge on any atom is -0.469 e. The number of hydrogen-bond donors (Lipinski definition) is 1. The van der Waals surface area contributed by atoms with Gasteiger partial charge in [-0.05, 0) is 48.4 Å². The van der Waals surface area contributed by atoms with E-state index < -0.39 is 0 Å². The number of carbonyl (C=O) groups excluding carboxylic acids is 1. The van der Waals surface area contributed by atoms with Gasteiger partial charge in [-0.15, -0.1) is 0 Å². The maximum atomic E-state index is 13.5. The third kappa shape index (κ3) is 2.62. The van der Waals surface area contributed by atoms with Crippen LogP contribution in [0.1, 0.15) is 36.1 Å². The van der Waals surface area contributed by atoms with Crippen molar-refractivity contribution in [3.05, 3.63) is 94.5 Å². The second-order valence-electron chi connectivity index (χ2n) is 7.81. The number of aromatic nitrogens is 2. The maximum absolute atomic E-state index is 13.5. The lowest BCUT2D eigenvalue weighted by molar-refractivity contribution is -0.116. The van der Waals surface area contributed by atoms with Crippen molar-refractivity contribution in [3.63, 3.8) is 0 Å². The number of allylic oxidation sites excluding steroid dienone is 2. The largest absolute Gasteiger partial charge is 0.469 e. The van der Waals surface area contributed by atoms with Crippen LogP contribution in [0.15, 0.2) is 82.6 Å². The maximum Gasteiger partial charge on any atom is 0.209 e. The number of halogens is 1. The van der Waals surface area contributed by atoms with E-state index in [9.17, 15) is 4.79 Å². The molecule has 6 heteroatoms. The standard InChI is InChI=1S/C24H18ClN3O2/c25-16-6-3-5-14(11-16)23-22-18(12-15(13-20(22)29)21-9-4-10-30-21)27-24-26-17-7-1-2-8-19(17)28(23)24/h1-11,15,23H,12-13H2,(H,26,27). The summed E-state index contributed by atoms with van der Waals surface area (Å²) in [4.78, 5) is 18.3. The number of nitrogens with one attached hydrogen (secondary N) is 1. The van der Waals surface area contributed by atoms with Crippen LogP contribution in [0.2, 0.25) is 5.02 Å².